The van der Waals surface area contributed by atoms with E-state index in [0.717, 1.165) is 0 Å². The molecule has 0 saturated heterocycles. The Balaban J connectivity index is 2.66. The van der Waals surface area contributed by atoms with Crippen LogP contribution >= 0.6 is 0 Å². The van der Waals surface area contributed by atoms with E-state index in [1.54, 1.807) is 34.6 Å². The number of aromatic carboxylic acids is 1. The molecule has 0 fully saturated rings. The number of esters is 1. The maximum absolute atomic E-state index is 12.2. The summed E-state index contributed by atoms with van der Waals surface area (Å²) in [6.45, 7) is 8.92. The van der Waals surface area contributed by atoms with Gasteiger partial charge in [0.2, 0.25) is 0 Å². The number of carboxylic acids is 1. The Hall–Kier alpha value is -2.44. The normalized spacial score (nSPS) is 11.7. The van der Waals surface area contributed by atoms with Crippen LogP contribution in [0, 0.1) is 0 Å². The molecule has 0 saturated carbocycles. The van der Waals surface area contributed by atoms with Crippen LogP contribution in [0.25, 0.3) is 0 Å². The Morgan fingerprint density at radius 1 is 1.21 bits per heavy atom. The third-order valence-corrected chi connectivity index (χ3v) is 3.07. The highest BCUT2D eigenvalue weighted by Crippen LogP contribution is 2.16. The molecule has 0 aliphatic carbocycles. The first-order valence-electron chi connectivity index (χ1n) is 7.63. The molecule has 132 valence electrons. The fraction of sp³-hybridized carbons (Fsp3) is 0.529. The van der Waals surface area contributed by atoms with Gasteiger partial charge in [0.1, 0.15) is 11.3 Å². The van der Waals surface area contributed by atoms with E-state index in [2.05, 4.69) is 10.3 Å². The zero-order valence-corrected chi connectivity index (χ0v) is 14.7. The molecular weight excluding hydrogens is 312 g/mol. The number of carbonyl (C=O) groups excluding carboxylic acids is 2. The van der Waals surface area contributed by atoms with Gasteiger partial charge in [-0.3, -0.25) is 14.6 Å². The van der Waals surface area contributed by atoms with Gasteiger partial charge in [-0.2, -0.15) is 0 Å². The van der Waals surface area contributed by atoms with Crippen LogP contribution in [0.4, 0.5) is 0 Å². The fourth-order valence-corrected chi connectivity index (χ4v) is 1.93. The minimum absolute atomic E-state index is 0.0123. The van der Waals surface area contributed by atoms with E-state index in [1.807, 2.05) is 0 Å². The summed E-state index contributed by atoms with van der Waals surface area (Å²) in [6, 6.07) is 2.52. The van der Waals surface area contributed by atoms with E-state index in [4.69, 9.17) is 9.84 Å². The fourth-order valence-electron chi connectivity index (χ4n) is 1.93. The number of carboxylic acid groups (broad SMARTS) is 1. The number of pyridine rings is 1. The summed E-state index contributed by atoms with van der Waals surface area (Å²) in [4.78, 5) is 38.8. The van der Waals surface area contributed by atoms with Crippen molar-refractivity contribution in [2.24, 2.45) is 0 Å². The number of ether oxygens (including phenoxy) is 1. The molecule has 1 amide bonds. The summed E-state index contributed by atoms with van der Waals surface area (Å²) in [6.07, 6.45) is 1.81. The first kappa shape index (κ1) is 19.6. The molecule has 0 unspecified atom stereocenters. The van der Waals surface area contributed by atoms with Gasteiger partial charge in [-0.1, -0.05) is 0 Å². The van der Waals surface area contributed by atoms with Crippen molar-refractivity contribution >= 4 is 17.8 Å². The molecule has 2 N–H and O–H groups in total. The van der Waals surface area contributed by atoms with Gasteiger partial charge in [-0.25, -0.2) is 4.79 Å². The summed E-state index contributed by atoms with van der Waals surface area (Å²) in [7, 11) is 0. The van der Waals surface area contributed by atoms with Crippen LogP contribution in [0.1, 0.15) is 68.3 Å². The maximum atomic E-state index is 12.2. The minimum Gasteiger partial charge on any atom is -0.478 e. The molecule has 0 aromatic carbocycles. The van der Waals surface area contributed by atoms with Gasteiger partial charge in [0.15, 0.2) is 0 Å². The molecule has 1 aromatic rings. The van der Waals surface area contributed by atoms with Crippen LogP contribution in [0.5, 0.6) is 0 Å². The van der Waals surface area contributed by atoms with Gasteiger partial charge >= 0.3 is 11.9 Å². The Bertz CT molecular complexity index is 632. The monoisotopic (exact) mass is 336 g/mol. The number of hydrogen-bond acceptors (Lipinski definition) is 5. The van der Waals surface area contributed by atoms with Gasteiger partial charge in [-0.05, 0) is 53.2 Å². The highest BCUT2D eigenvalue weighted by molar-refractivity contribution is 5.96. The molecule has 7 nitrogen and oxygen atoms in total. The van der Waals surface area contributed by atoms with Crippen LogP contribution in [0.2, 0.25) is 0 Å². The number of rotatable bonds is 6. The second kappa shape index (κ2) is 7.42. The van der Waals surface area contributed by atoms with Gasteiger partial charge in [0, 0.05) is 18.2 Å². The van der Waals surface area contributed by atoms with Crippen molar-refractivity contribution in [3.05, 3.63) is 29.6 Å². The second-order valence-corrected chi connectivity index (χ2v) is 7.16. The molecule has 7 heteroatoms. The number of carbonyl (C=O) groups is 3. The van der Waals surface area contributed by atoms with E-state index in [0.29, 0.717) is 6.42 Å². The molecule has 0 spiro atoms. The van der Waals surface area contributed by atoms with Crippen molar-refractivity contribution in [3.8, 4) is 0 Å². The Kier molecular flexibility index (Phi) is 6.06. The lowest BCUT2D eigenvalue weighted by molar-refractivity contribution is -0.155. The van der Waals surface area contributed by atoms with Crippen molar-refractivity contribution in [3.63, 3.8) is 0 Å². The lowest BCUT2D eigenvalue weighted by Crippen LogP contribution is -2.44. The smallest absolute Gasteiger partial charge is 0.335 e. The molecule has 0 bridgehead atoms. The van der Waals surface area contributed by atoms with E-state index in [1.165, 1.54) is 18.3 Å². The third-order valence-electron chi connectivity index (χ3n) is 3.07. The number of nitrogens with one attached hydrogen (secondary N) is 1. The van der Waals surface area contributed by atoms with Gasteiger partial charge in [0.05, 0.1) is 5.56 Å². The topological polar surface area (TPSA) is 106 Å². The molecule has 0 aliphatic rings. The van der Waals surface area contributed by atoms with Crippen molar-refractivity contribution in [2.45, 2.75) is 58.6 Å². The molecular formula is C17H24N2O5. The zero-order chi connectivity index (χ0) is 18.5. The standard InChI is InChI=1S/C17H24N2O5/c1-16(2,3)24-13(20)6-8-17(4,5)19-14(21)12-10-11(15(22)23)7-9-18-12/h7,9-10H,6,8H2,1-5H3,(H,19,21)(H,22,23). The van der Waals surface area contributed by atoms with Crippen molar-refractivity contribution in [1.82, 2.24) is 10.3 Å². The number of nitrogens with zero attached hydrogens (tertiary/aromatic N) is 1. The molecule has 1 rings (SSSR count). The predicted molar refractivity (Wildman–Crippen MR) is 87.8 cm³/mol. The Morgan fingerprint density at radius 3 is 2.38 bits per heavy atom. The van der Waals surface area contributed by atoms with E-state index < -0.39 is 23.0 Å². The summed E-state index contributed by atoms with van der Waals surface area (Å²) in [5.41, 5.74) is -1.22. The molecule has 1 aromatic heterocycles. The lowest BCUT2D eigenvalue weighted by Gasteiger charge is -2.27. The number of amides is 1. The Morgan fingerprint density at radius 2 is 1.83 bits per heavy atom. The van der Waals surface area contributed by atoms with Gasteiger partial charge in [-0.15, -0.1) is 0 Å². The van der Waals surface area contributed by atoms with Gasteiger partial charge in [0.25, 0.3) is 5.91 Å². The average molecular weight is 336 g/mol. The van der Waals surface area contributed by atoms with Crippen LogP contribution in [-0.2, 0) is 9.53 Å². The quantitative estimate of drug-likeness (QED) is 0.773. The molecule has 1 heterocycles. The summed E-state index contributed by atoms with van der Waals surface area (Å²) in [5.74, 6) is -1.96. The predicted octanol–water partition coefficient (Wildman–Crippen LogP) is 2.41. The summed E-state index contributed by atoms with van der Waals surface area (Å²) >= 11 is 0. The van der Waals surface area contributed by atoms with Crippen LogP contribution in [0.3, 0.4) is 0 Å². The molecule has 24 heavy (non-hydrogen) atoms. The first-order valence-corrected chi connectivity index (χ1v) is 7.63. The molecule has 0 atom stereocenters. The van der Waals surface area contributed by atoms with Crippen molar-refractivity contribution < 1.29 is 24.2 Å². The SMILES string of the molecule is CC(C)(CCC(=O)OC(C)(C)C)NC(=O)c1cc(C(=O)O)ccn1. The zero-order valence-electron chi connectivity index (χ0n) is 14.7. The van der Waals surface area contributed by atoms with Crippen LogP contribution in [0.15, 0.2) is 18.3 Å². The molecule has 0 radical (unpaired) electrons. The van der Waals surface area contributed by atoms with Crippen molar-refractivity contribution in [2.75, 3.05) is 0 Å². The third kappa shape index (κ3) is 6.76. The summed E-state index contributed by atoms with van der Waals surface area (Å²) in [5, 5.41) is 11.7. The highest BCUT2D eigenvalue weighted by atomic mass is 16.6. The number of hydrogen-bond donors (Lipinski definition) is 2. The van der Waals surface area contributed by atoms with Crippen LogP contribution < -0.4 is 5.32 Å². The minimum atomic E-state index is -1.13. The summed E-state index contributed by atoms with van der Waals surface area (Å²) < 4.78 is 5.24. The van der Waals surface area contributed by atoms with Crippen LogP contribution in [-0.4, -0.2) is 39.1 Å². The van der Waals surface area contributed by atoms with E-state index >= 15 is 0 Å². The van der Waals surface area contributed by atoms with Crippen molar-refractivity contribution in [1.29, 1.82) is 0 Å². The number of aromatic nitrogens is 1. The highest BCUT2D eigenvalue weighted by Gasteiger charge is 2.25. The lowest BCUT2D eigenvalue weighted by atomic mass is 9.98. The van der Waals surface area contributed by atoms with E-state index in [-0.39, 0.29) is 23.6 Å². The molecule has 0 aliphatic heterocycles. The Labute approximate surface area is 141 Å². The maximum Gasteiger partial charge on any atom is 0.335 e. The first-order chi connectivity index (χ1) is 10.9. The van der Waals surface area contributed by atoms with E-state index in [9.17, 15) is 14.4 Å². The second-order valence-electron chi connectivity index (χ2n) is 7.16. The average Bonchev–Trinajstić information content (AvgIpc) is 2.43. The van der Waals surface area contributed by atoms with Gasteiger partial charge < -0.3 is 15.2 Å². The largest absolute Gasteiger partial charge is 0.478 e.